The second kappa shape index (κ2) is 8.68. The number of hydrogen-bond acceptors (Lipinski definition) is 3. The number of anilines is 1. The summed E-state index contributed by atoms with van der Waals surface area (Å²) in [5.41, 5.74) is -0.651. The number of ketones is 1. The Labute approximate surface area is 200 Å². The molecule has 0 aromatic heterocycles. The Morgan fingerprint density at radius 3 is 2.21 bits per heavy atom. The summed E-state index contributed by atoms with van der Waals surface area (Å²) in [6, 6.07) is 15.5. The van der Waals surface area contributed by atoms with Crippen molar-refractivity contribution in [2.45, 2.75) is 12.2 Å². The van der Waals surface area contributed by atoms with Crippen LogP contribution in [0, 0.1) is 0 Å². The highest BCUT2D eigenvalue weighted by Gasteiger charge is 2.47. The molecule has 33 heavy (non-hydrogen) atoms. The van der Waals surface area contributed by atoms with Crippen molar-refractivity contribution in [3.8, 4) is 0 Å². The van der Waals surface area contributed by atoms with Gasteiger partial charge in [-0.1, -0.05) is 57.9 Å². The fourth-order valence-corrected chi connectivity index (χ4v) is 4.04. The van der Waals surface area contributed by atoms with E-state index in [0.717, 1.165) is 27.6 Å². The van der Waals surface area contributed by atoms with Gasteiger partial charge in [0.2, 0.25) is 0 Å². The van der Waals surface area contributed by atoms with Crippen LogP contribution in [0.1, 0.15) is 22.7 Å². The quantitative estimate of drug-likeness (QED) is 0.229. The number of carbonyl (C=O) groups excluding carboxylic acids is 2. The van der Waals surface area contributed by atoms with Gasteiger partial charge >= 0.3 is 6.18 Å². The largest absolute Gasteiger partial charge is 0.507 e. The van der Waals surface area contributed by atoms with E-state index < -0.39 is 35.2 Å². The van der Waals surface area contributed by atoms with Crippen LogP contribution in [0.15, 0.2) is 82.8 Å². The standard InChI is InChI=1S/C24H14BrClF3NO3/c25-16-8-4-14(5-9-16)21(31)19-20(13-6-10-17(26)11-7-13)30(23(33)22(19)32)18-3-1-2-15(12-18)24(27,28)29/h1-12,20,31H/t20-/m1/s1. The molecular weight excluding hydrogens is 523 g/mol. The molecule has 168 valence electrons. The van der Waals surface area contributed by atoms with Crippen molar-refractivity contribution in [1.29, 1.82) is 0 Å². The molecule has 1 atom stereocenters. The molecule has 0 aliphatic carbocycles. The lowest BCUT2D eigenvalue weighted by Gasteiger charge is -2.26. The Hall–Kier alpha value is -3.10. The molecule has 0 unspecified atom stereocenters. The maximum atomic E-state index is 13.3. The molecule has 1 N–H and O–H groups in total. The highest BCUT2D eigenvalue weighted by molar-refractivity contribution is 9.10. The molecule has 9 heteroatoms. The van der Waals surface area contributed by atoms with Crippen molar-refractivity contribution in [2.24, 2.45) is 0 Å². The van der Waals surface area contributed by atoms with Gasteiger partial charge in [-0.05, 0) is 48.0 Å². The lowest BCUT2D eigenvalue weighted by molar-refractivity contribution is -0.137. The van der Waals surface area contributed by atoms with Crippen molar-refractivity contribution in [3.05, 3.63) is 105 Å². The van der Waals surface area contributed by atoms with E-state index in [0.29, 0.717) is 10.6 Å². The minimum atomic E-state index is -4.64. The molecule has 3 aromatic carbocycles. The van der Waals surface area contributed by atoms with Crippen LogP contribution in [0.4, 0.5) is 18.9 Å². The molecule has 4 rings (SSSR count). The van der Waals surface area contributed by atoms with Crippen LogP contribution in [0.5, 0.6) is 0 Å². The Balaban J connectivity index is 1.94. The summed E-state index contributed by atoms with van der Waals surface area (Å²) in [6.07, 6.45) is -4.64. The van der Waals surface area contributed by atoms with Gasteiger partial charge in [-0.3, -0.25) is 14.5 Å². The third kappa shape index (κ3) is 4.41. The lowest BCUT2D eigenvalue weighted by Crippen LogP contribution is -2.29. The average Bonchev–Trinajstić information content (AvgIpc) is 3.04. The van der Waals surface area contributed by atoms with Gasteiger partial charge in [0.1, 0.15) is 5.76 Å². The molecule has 0 radical (unpaired) electrons. The maximum absolute atomic E-state index is 13.3. The van der Waals surface area contributed by atoms with Gasteiger partial charge < -0.3 is 5.11 Å². The molecule has 1 heterocycles. The van der Waals surface area contributed by atoms with E-state index in [4.69, 9.17) is 11.6 Å². The molecule has 1 aliphatic rings. The zero-order chi connectivity index (χ0) is 23.9. The minimum absolute atomic E-state index is 0.123. The zero-order valence-electron chi connectivity index (χ0n) is 16.6. The van der Waals surface area contributed by atoms with E-state index in [1.165, 1.54) is 18.2 Å². The number of aliphatic hydroxyl groups is 1. The topological polar surface area (TPSA) is 57.6 Å². The summed E-state index contributed by atoms with van der Waals surface area (Å²) in [4.78, 5) is 27.0. The first kappa shape index (κ1) is 23.1. The van der Waals surface area contributed by atoms with Crippen LogP contribution in [0.25, 0.3) is 5.76 Å². The first-order valence-electron chi connectivity index (χ1n) is 9.57. The van der Waals surface area contributed by atoms with Gasteiger partial charge in [-0.25, -0.2) is 0 Å². The van der Waals surface area contributed by atoms with E-state index in [-0.39, 0.29) is 16.8 Å². The number of aliphatic hydroxyl groups excluding tert-OH is 1. The first-order valence-corrected chi connectivity index (χ1v) is 10.7. The van der Waals surface area contributed by atoms with E-state index >= 15 is 0 Å². The number of nitrogens with zero attached hydrogens (tertiary/aromatic N) is 1. The van der Waals surface area contributed by atoms with Gasteiger partial charge in [0.15, 0.2) is 0 Å². The molecule has 0 saturated carbocycles. The minimum Gasteiger partial charge on any atom is -0.507 e. The zero-order valence-corrected chi connectivity index (χ0v) is 18.9. The molecule has 1 amide bonds. The fourth-order valence-electron chi connectivity index (χ4n) is 3.65. The monoisotopic (exact) mass is 535 g/mol. The highest BCUT2D eigenvalue weighted by Crippen LogP contribution is 2.43. The number of Topliss-reactive ketones (excluding diaryl/α,β-unsaturated/α-hetero) is 1. The van der Waals surface area contributed by atoms with E-state index in [1.807, 2.05) is 0 Å². The van der Waals surface area contributed by atoms with Crippen molar-refractivity contribution in [1.82, 2.24) is 0 Å². The average molecular weight is 537 g/mol. The van der Waals surface area contributed by atoms with Crippen LogP contribution < -0.4 is 4.90 Å². The van der Waals surface area contributed by atoms with Gasteiger partial charge in [0, 0.05) is 20.7 Å². The summed E-state index contributed by atoms with van der Waals surface area (Å²) < 4.78 is 40.7. The van der Waals surface area contributed by atoms with Crippen LogP contribution in [0.2, 0.25) is 5.02 Å². The molecular formula is C24H14BrClF3NO3. The lowest BCUT2D eigenvalue weighted by atomic mass is 9.95. The summed E-state index contributed by atoms with van der Waals surface area (Å²) in [5.74, 6) is -2.49. The molecule has 4 nitrogen and oxygen atoms in total. The summed E-state index contributed by atoms with van der Waals surface area (Å²) in [6.45, 7) is 0. The first-order chi connectivity index (χ1) is 15.6. The fraction of sp³-hybridized carbons (Fsp3) is 0.0833. The van der Waals surface area contributed by atoms with E-state index in [2.05, 4.69) is 15.9 Å². The predicted molar refractivity (Wildman–Crippen MR) is 122 cm³/mol. The summed E-state index contributed by atoms with van der Waals surface area (Å²) in [5, 5.41) is 11.4. The highest BCUT2D eigenvalue weighted by atomic mass is 79.9. The van der Waals surface area contributed by atoms with Gasteiger partial charge in [-0.2, -0.15) is 13.2 Å². The van der Waals surface area contributed by atoms with Gasteiger partial charge in [0.05, 0.1) is 17.2 Å². The SMILES string of the molecule is O=C1C(=O)N(c2cccc(C(F)(F)F)c2)[C@H](c2ccc(Cl)cc2)C1=C(O)c1ccc(Br)cc1. The number of amides is 1. The number of carbonyl (C=O) groups is 2. The van der Waals surface area contributed by atoms with Crippen molar-refractivity contribution < 1.29 is 27.9 Å². The Kier molecular flexibility index (Phi) is 6.07. The van der Waals surface area contributed by atoms with Crippen molar-refractivity contribution in [2.75, 3.05) is 4.90 Å². The van der Waals surface area contributed by atoms with Crippen molar-refractivity contribution in [3.63, 3.8) is 0 Å². The van der Waals surface area contributed by atoms with Crippen molar-refractivity contribution >= 4 is 50.7 Å². The van der Waals surface area contributed by atoms with Crippen LogP contribution in [0.3, 0.4) is 0 Å². The number of rotatable bonds is 3. The predicted octanol–water partition coefficient (Wildman–Crippen LogP) is 6.75. The third-order valence-electron chi connectivity index (χ3n) is 5.20. The number of alkyl halides is 3. The molecule has 3 aromatic rings. The Morgan fingerprint density at radius 2 is 1.61 bits per heavy atom. The van der Waals surface area contributed by atoms with Crippen LogP contribution in [-0.4, -0.2) is 16.8 Å². The number of benzene rings is 3. The van der Waals surface area contributed by atoms with Crippen LogP contribution >= 0.6 is 27.5 Å². The van der Waals surface area contributed by atoms with E-state index in [9.17, 15) is 27.9 Å². The smallest absolute Gasteiger partial charge is 0.416 e. The number of hydrogen-bond donors (Lipinski definition) is 1. The molecule has 0 spiro atoms. The summed E-state index contributed by atoms with van der Waals surface area (Å²) >= 11 is 9.26. The molecule has 1 saturated heterocycles. The Bertz CT molecular complexity index is 1270. The van der Waals surface area contributed by atoms with Gasteiger partial charge in [0.25, 0.3) is 11.7 Å². The summed E-state index contributed by atoms with van der Waals surface area (Å²) in [7, 11) is 0. The normalized spacial score (nSPS) is 18.1. The number of halogens is 5. The molecule has 1 fully saturated rings. The van der Waals surface area contributed by atoms with E-state index in [1.54, 1.807) is 36.4 Å². The molecule has 1 aliphatic heterocycles. The maximum Gasteiger partial charge on any atom is 0.416 e. The Morgan fingerprint density at radius 1 is 0.970 bits per heavy atom. The second-order valence-electron chi connectivity index (χ2n) is 7.28. The van der Waals surface area contributed by atoms with Crippen LogP contribution in [-0.2, 0) is 15.8 Å². The van der Waals surface area contributed by atoms with Gasteiger partial charge in [-0.15, -0.1) is 0 Å². The second-order valence-corrected chi connectivity index (χ2v) is 8.63. The molecule has 0 bridgehead atoms. The third-order valence-corrected chi connectivity index (χ3v) is 5.98.